The molecule has 0 unspecified atom stereocenters. The lowest BCUT2D eigenvalue weighted by Crippen LogP contribution is -2.12. The van der Waals surface area contributed by atoms with E-state index in [-0.39, 0.29) is 5.56 Å². The zero-order chi connectivity index (χ0) is 8.27. The Morgan fingerprint density at radius 2 is 2.27 bits per heavy atom. The number of aromatic nitrogens is 1. The summed E-state index contributed by atoms with van der Waals surface area (Å²) in [6.07, 6.45) is 2.66. The maximum atomic E-state index is 10.5. The molecule has 1 rings (SSSR count). The molecule has 1 aromatic heterocycles. The van der Waals surface area contributed by atoms with Crippen molar-refractivity contribution < 1.29 is 4.79 Å². The van der Waals surface area contributed by atoms with Gasteiger partial charge in [0, 0.05) is 12.3 Å². The van der Waals surface area contributed by atoms with E-state index in [2.05, 4.69) is 4.98 Å². The summed E-state index contributed by atoms with van der Waals surface area (Å²) in [6.45, 7) is 0. The number of primary amides is 1. The molecule has 0 bridgehead atoms. The average Bonchev–Trinajstić information content (AvgIpc) is 1.93. The van der Waals surface area contributed by atoms with Crippen molar-refractivity contribution in [3.8, 4) is 0 Å². The van der Waals surface area contributed by atoms with Gasteiger partial charge in [-0.2, -0.15) is 0 Å². The maximum Gasteiger partial charge on any atom is 0.247 e. The van der Waals surface area contributed by atoms with E-state index in [1.807, 2.05) is 0 Å². The van der Waals surface area contributed by atoms with Crippen LogP contribution >= 0.6 is 0 Å². The zero-order valence-electron chi connectivity index (χ0n) is 5.70. The molecule has 1 heterocycles. The van der Waals surface area contributed by atoms with Crippen LogP contribution in [0.4, 0.5) is 0 Å². The Kier molecular flexibility index (Phi) is 2.06. The Bertz CT molecular complexity index is 296. The molecule has 1 radical (unpaired) electrons. The summed E-state index contributed by atoms with van der Waals surface area (Å²) in [7, 11) is 0. The van der Waals surface area contributed by atoms with Gasteiger partial charge >= 0.3 is 0 Å². The minimum absolute atomic E-state index is 0.202. The highest BCUT2D eigenvalue weighted by molar-refractivity contribution is 5.86. The molecule has 0 saturated carbocycles. The van der Waals surface area contributed by atoms with Crippen LogP contribution in [0.3, 0.4) is 0 Å². The van der Waals surface area contributed by atoms with Crippen molar-refractivity contribution in [1.29, 1.82) is 0 Å². The van der Waals surface area contributed by atoms with Gasteiger partial charge in [0.25, 0.3) is 0 Å². The van der Waals surface area contributed by atoms with Crippen molar-refractivity contribution in [1.82, 2.24) is 4.98 Å². The highest BCUT2D eigenvalue weighted by atomic mass is 16.1. The lowest BCUT2D eigenvalue weighted by Gasteiger charge is -1.92. The van der Waals surface area contributed by atoms with E-state index >= 15 is 0 Å². The van der Waals surface area contributed by atoms with Gasteiger partial charge in [0.15, 0.2) is 0 Å². The summed E-state index contributed by atoms with van der Waals surface area (Å²) in [4.78, 5) is 23.3. The summed E-state index contributed by atoms with van der Waals surface area (Å²) in [6, 6.07) is 2.85. The molecule has 57 valence electrons. The van der Waals surface area contributed by atoms with Gasteiger partial charge in [0.2, 0.25) is 11.5 Å². The molecule has 4 heteroatoms. The smallest absolute Gasteiger partial charge is 0.247 e. The first-order valence-electron chi connectivity index (χ1n) is 3.01. The minimum Gasteiger partial charge on any atom is -0.369 e. The van der Waals surface area contributed by atoms with Crippen molar-refractivity contribution in [2.75, 3.05) is 0 Å². The standard InChI is InChI=1S/C7H7N2O2/c8-6(10)3-5-1-2-7(11)9-4-5/h1-4H,(H2,8,10)(H,9,11). The predicted molar refractivity (Wildman–Crippen MR) is 39.7 cm³/mol. The summed E-state index contributed by atoms with van der Waals surface area (Å²) < 4.78 is 0. The van der Waals surface area contributed by atoms with Gasteiger partial charge < -0.3 is 10.7 Å². The van der Waals surface area contributed by atoms with E-state index in [4.69, 9.17) is 5.73 Å². The molecule has 0 aliphatic carbocycles. The minimum atomic E-state index is -0.531. The predicted octanol–water partition coefficient (Wildman–Crippen LogP) is -0.587. The van der Waals surface area contributed by atoms with E-state index in [1.165, 1.54) is 24.8 Å². The molecule has 0 saturated heterocycles. The largest absolute Gasteiger partial charge is 0.369 e. The average molecular weight is 151 g/mol. The number of carbonyl (C=O) groups is 1. The number of aromatic amines is 1. The summed E-state index contributed by atoms with van der Waals surface area (Å²) >= 11 is 0. The van der Waals surface area contributed by atoms with Crippen LogP contribution in [0.1, 0.15) is 5.56 Å². The van der Waals surface area contributed by atoms with Gasteiger partial charge in [-0.25, -0.2) is 0 Å². The van der Waals surface area contributed by atoms with E-state index in [0.717, 1.165) is 0 Å². The van der Waals surface area contributed by atoms with E-state index in [1.54, 1.807) is 0 Å². The number of pyridine rings is 1. The van der Waals surface area contributed by atoms with Gasteiger partial charge in [-0.1, -0.05) is 6.07 Å². The highest BCUT2D eigenvalue weighted by Gasteiger charge is 1.97. The fraction of sp³-hybridized carbons (Fsp3) is 0. The number of nitrogens with two attached hydrogens (primary N) is 1. The lowest BCUT2D eigenvalue weighted by molar-refractivity contribution is -0.114. The van der Waals surface area contributed by atoms with Crippen molar-refractivity contribution in [3.05, 3.63) is 40.7 Å². The Balaban J connectivity index is 2.82. The zero-order valence-corrected chi connectivity index (χ0v) is 5.70. The summed E-state index contributed by atoms with van der Waals surface area (Å²) in [5.41, 5.74) is 5.27. The second-order valence-corrected chi connectivity index (χ2v) is 2.03. The van der Waals surface area contributed by atoms with Gasteiger partial charge in [0.05, 0.1) is 6.42 Å². The first-order chi connectivity index (χ1) is 5.18. The van der Waals surface area contributed by atoms with Crippen LogP contribution in [0.25, 0.3) is 0 Å². The molecule has 0 atom stereocenters. The Labute approximate surface area is 63.0 Å². The van der Waals surface area contributed by atoms with Crippen LogP contribution in [-0.4, -0.2) is 10.9 Å². The lowest BCUT2D eigenvalue weighted by atomic mass is 10.2. The Morgan fingerprint density at radius 3 is 2.73 bits per heavy atom. The van der Waals surface area contributed by atoms with Gasteiger partial charge in [0.1, 0.15) is 0 Å². The van der Waals surface area contributed by atoms with Crippen LogP contribution < -0.4 is 11.3 Å². The van der Waals surface area contributed by atoms with Crippen molar-refractivity contribution in [2.24, 2.45) is 5.73 Å². The topological polar surface area (TPSA) is 76.0 Å². The van der Waals surface area contributed by atoms with Crippen LogP contribution in [0.2, 0.25) is 0 Å². The molecular formula is C7H7N2O2. The molecular weight excluding hydrogens is 144 g/mol. The molecule has 0 aliphatic heterocycles. The number of amides is 1. The second kappa shape index (κ2) is 3.01. The molecule has 0 fully saturated rings. The second-order valence-electron chi connectivity index (χ2n) is 2.03. The first-order valence-corrected chi connectivity index (χ1v) is 3.01. The quantitative estimate of drug-likeness (QED) is 0.592. The maximum absolute atomic E-state index is 10.5. The number of rotatable bonds is 2. The molecule has 11 heavy (non-hydrogen) atoms. The highest BCUT2D eigenvalue weighted by Crippen LogP contribution is 1.95. The summed E-state index contributed by atoms with van der Waals surface area (Å²) in [5, 5.41) is 0. The van der Waals surface area contributed by atoms with Gasteiger partial charge in [-0.15, -0.1) is 0 Å². The van der Waals surface area contributed by atoms with Crippen molar-refractivity contribution in [3.63, 3.8) is 0 Å². The first kappa shape index (κ1) is 7.53. The molecule has 0 spiro atoms. The third kappa shape index (κ3) is 2.25. The fourth-order valence-corrected chi connectivity index (χ4v) is 0.677. The molecule has 3 N–H and O–H groups in total. The number of hydrogen-bond acceptors (Lipinski definition) is 2. The van der Waals surface area contributed by atoms with Crippen LogP contribution in [-0.2, 0) is 4.79 Å². The normalized spacial score (nSPS) is 9.45. The Hall–Kier alpha value is -1.58. The number of carbonyl (C=O) groups excluding carboxylic acids is 1. The summed E-state index contributed by atoms with van der Waals surface area (Å²) in [5.74, 6) is -0.531. The fourth-order valence-electron chi connectivity index (χ4n) is 0.677. The number of hydrogen-bond donors (Lipinski definition) is 2. The van der Waals surface area contributed by atoms with Crippen molar-refractivity contribution >= 4 is 5.91 Å². The molecule has 0 aromatic carbocycles. The molecule has 1 amide bonds. The van der Waals surface area contributed by atoms with Crippen LogP contribution in [0.5, 0.6) is 0 Å². The molecule has 0 aliphatic rings. The third-order valence-corrected chi connectivity index (χ3v) is 1.12. The monoisotopic (exact) mass is 151 g/mol. The van der Waals surface area contributed by atoms with Crippen molar-refractivity contribution in [2.45, 2.75) is 0 Å². The number of H-pyrrole nitrogens is 1. The Morgan fingerprint density at radius 1 is 1.55 bits per heavy atom. The third-order valence-electron chi connectivity index (χ3n) is 1.12. The van der Waals surface area contributed by atoms with E-state index < -0.39 is 5.91 Å². The van der Waals surface area contributed by atoms with E-state index in [0.29, 0.717) is 5.56 Å². The SMILES string of the molecule is NC(=O)[CH]c1ccc(=O)[nH]c1. The van der Waals surface area contributed by atoms with Gasteiger partial charge in [-0.05, 0) is 5.56 Å². The van der Waals surface area contributed by atoms with Crippen LogP contribution in [0, 0.1) is 6.42 Å². The van der Waals surface area contributed by atoms with Crippen LogP contribution in [0.15, 0.2) is 23.1 Å². The van der Waals surface area contributed by atoms with Gasteiger partial charge in [-0.3, -0.25) is 9.59 Å². The van der Waals surface area contributed by atoms with E-state index in [9.17, 15) is 9.59 Å². The number of nitrogens with one attached hydrogen (secondary N) is 1. The molecule has 1 aromatic rings. The molecule has 4 nitrogen and oxygen atoms in total.